The summed E-state index contributed by atoms with van der Waals surface area (Å²) in [5.41, 5.74) is 5.50. The van der Waals surface area contributed by atoms with Crippen LogP contribution in [0.2, 0.25) is 0 Å². The maximum atomic E-state index is 5.88. The fraction of sp³-hybridized carbons (Fsp3) is 0.937. The molecular formula is C79H208Au10N5P10S10+5. The molecule has 0 aromatic carbocycles. The first-order valence-electron chi connectivity index (χ1n) is 45.8. The Hall–Kier alpha value is 12.3. The van der Waals surface area contributed by atoms with Gasteiger partial charge in [-0.1, -0.05) is 150 Å². The molecule has 0 aromatic heterocycles. The zero-order valence-corrected chi connectivity index (χ0v) is 121. The fourth-order valence-electron chi connectivity index (χ4n) is 7.72. The topological polar surface area (TPSA) is 16.2 Å². The number of nitrogens with zero attached hydrogens (tertiary/aromatic N) is 5. The quantitative estimate of drug-likeness (QED) is 0.0418. The zero-order chi connectivity index (χ0) is 107. The van der Waals surface area contributed by atoms with Crippen molar-refractivity contribution in [3.63, 3.8) is 0 Å². The molecule has 0 bridgehead atoms. The molecule has 5 nitrogen and oxygen atoms in total. The van der Waals surface area contributed by atoms with E-state index in [1.807, 2.05) is 84.6 Å². The van der Waals surface area contributed by atoms with Crippen LogP contribution < -0.4 is 0 Å². The van der Waals surface area contributed by atoms with Crippen LogP contribution in [0.15, 0.2) is 0 Å². The van der Waals surface area contributed by atoms with Crippen LogP contribution in [0.25, 0.3) is 0 Å². The van der Waals surface area contributed by atoms with Gasteiger partial charge in [0.15, 0.2) is 0 Å². The second-order valence-corrected chi connectivity index (χ2v) is 65.4. The normalized spacial score (nSPS) is 9.77. The molecule has 114 heavy (non-hydrogen) atoms. The number of thiocarbonyl (C=S) groups is 5. The predicted molar refractivity (Wildman–Crippen MR) is 597 cm³/mol. The summed E-state index contributed by atoms with van der Waals surface area (Å²) in [4.78, 5) is 9.19. The second-order valence-electron chi connectivity index (χ2n) is 26.7. The van der Waals surface area contributed by atoms with Crippen molar-refractivity contribution in [2.45, 2.75) is 272 Å². The van der Waals surface area contributed by atoms with E-state index in [9.17, 15) is 0 Å². The van der Waals surface area contributed by atoms with E-state index in [4.69, 9.17) is 66.8 Å². The van der Waals surface area contributed by atoms with Gasteiger partial charge in [0.2, 0.25) is 0 Å². The Morgan fingerprint density at radius 2 is 0.482 bits per heavy atom. The number of rotatable bonds is 23. The standard InChI is InChI=1S/2C9H21P.4C6H15P.2C5H11NS2.C4H9NS2.2C3H7NS2.4C3H9P.5CH4.10Au.5H/c2*1-7(2)10(8(3)4)9(5)6;4*1-4-7(5-2)6-3;2*1-3-6(4-2)5(7)8;1-3-5(2)4(6)7;2*1-4(2)3(5)6;4*1-4(2)3;;;;;;;;;;;;;;;;;;;;/h2*7-9H,1-6H3;4*4-6H2,1-3H3;2*3-4H2,1-2H3,(H,7,8);3H2,1-2H3,(H,6,7);2*1-2H3,(H,5,6);4*1-3H3;5*1H4;;;;;;;;;;;;;;;/q;;;;;;;;;;;;;;;;;;;;;;;;;5*+1;;;;;/i;;;;;;;;;;;;;;;5*1TD;;;;;;;;;;;5*1+1. The maximum absolute atomic E-state index is 5.88. The van der Waals surface area contributed by atoms with Crippen molar-refractivity contribution in [3.8, 4) is 0 Å². The van der Waals surface area contributed by atoms with Crippen LogP contribution >= 0.6 is 140 Å². The maximum Gasteiger partial charge on any atom is 1.00 e. The van der Waals surface area contributed by atoms with Gasteiger partial charge in [-0.15, -0.1) is 31.7 Å². The Kier molecular flexibility index (Phi) is 236. The summed E-state index contributed by atoms with van der Waals surface area (Å²) >= 11 is 54.2. The minimum atomic E-state index is -0.250. The van der Waals surface area contributed by atoms with Gasteiger partial charge >= 0.3 is 226 Å². The van der Waals surface area contributed by atoms with Crippen LogP contribution in [0.3, 0.4) is 0 Å². The van der Waals surface area contributed by atoms with E-state index >= 15 is 0 Å². The zero-order valence-electron chi connectivity index (χ0n) is 96.6. The van der Waals surface area contributed by atoms with E-state index in [1.54, 1.807) is 9.80 Å². The van der Waals surface area contributed by atoms with E-state index in [1.165, 1.54) is 185 Å². The van der Waals surface area contributed by atoms with Crippen LogP contribution in [0.4, 0.5) is 0 Å². The van der Waals surface area contributed by atoms with Gasteiger partial charge in [0.05, 0.1) is 53.9 Å². The van der Waals surface area contributed by atoms with Gasteiger partial charge in [-0.2, -0.15) is 0 Å². The molecule has 0 radical (unpaired) electrons. The van der Waals surface area contributed by atoms with E-state index < -0.39 is 0 Å². The molecule has 0 aliphatic heterocycles. The molecule has 0 saturated heterocycles. The van der Waals surface area contributed by atoms with Crippen LogP contribution in [0.5, 0.6) is 0 Å². The van der Waals surface area contributed by atoms with Gasteiger partial charge in [-0.3, -0.25) is 0 Å². The van der Waals surface area contributed by atoms with Crippen molar-refractivity contribution >= 4 is 225 Å². The van der Waals surface area contributed by atoms with Crippen LogP contribution in [-0.4, -0.2) is 305 Å². The van der Waals surface area contributed by atoms with Gasteiger partial charge in [-0.05, 0) is 243 Å². The summed E-state index contributed by atoms with van der Waals surface area (Å²) in [6, 6.07) is 0. The smallest absolute Gasteiger partial charge is 1.00 e. The average molecular weight is 3850 g/mol. The van der Waals surface area contributed by atoms with Gasteiger partial charge in [0.25, 0.3) is 0 Å². The summed E-state index contributed by atoms with van der Waals surface area (Å²) < 4.78 is 89.9. The average Bonchev–Trinajstić information content (AvgIpc) is 0.918. The van der Waals surface area contributed by atoms with Crippen molar-refractivity contribution in [2.24, 2.45) is 0 Å². The molecule has 0 heterocycles. The summed E-state index contributed by atoms with van der Waals surface area (Å²) in [7, 11) is 10.3. The summed E-state index contributed by atoms with van der Waals surface area (Å²) in [6.45, 7) is 97.7. The van der Waals surface area contributed by atoms with Crippen molar-refractivity contribution in [1.82, 2.24) is 24.5 Å². The van der Waals surface area contributed by atoms with Gasteiger partial charge in [0, 0.05) is 130 Å². The summed E-state index contributed by atoms with van der Waals surface area (Å²) in [6.07, 6.45) is 17.2. The van der Waals surface area contributed by atoms with Crippen LogP contribution in [0, 0.1) is 0 Å². The molecule has 0 fully saturated rings. The molecule has 0 atom stereocenters. The first-order valence-corrected chi connectivity index (χ1v) is 64.0. The Labute approximate surface area is 969 Å². The molecule has 0 aliphatic carbocycles. The Morgan fingerprint density at radius 3 is 0.482 bits per heavy atom. The van der Waals surface area contributed by atoms with Gasteiger partial charge in [0.1, 0.15) is 0 Å². The Morgan fingerprint density at radius 1 is 0.351 bits per heavy atom. The third-order valence-corrected chi connectivity index (χ3v) is 35.1. The molecule has 0 rings (SSSR count). The number of hydrogen-bond donors (Lipinski definition) is 0. The molecule has 0 saturated carbocycles. The molecule has 0 N–H and O–H groups in total. The third kappa shape index (κ3) is 232. The van der Waals surface area contributed by atoms with E-state index in [0.717, 1.165) is 66.7 Å². The van der Waals surface area contributed by atoms with Gasteiger partial charge < -0.3 is 149 Å². The summed E-state index contributed by atoms with van der Waals surface area (Å²) in [5, 5.41) is 0. The van der Waals surface area contributed by atoms with Crippen molar-refractivity contribution in [2.75, 3.05) is 222 Å². The first-order chi connectivity index (χ1) is 57.2. The number of hydrogen-bond acceptors (Lipinski definition) is 10. The van der Waals surface area contributed by atoms with Crippen LogP contribution in [0.1, 0.15) is 251 Å². The second kappa shape index (κ2) is 168. The first kappa shape index (κ1) is 160. The Bertz CT molecular complexity index is 1520. The molecular weight excluding hydrogens is 3620 g/mol. The molecule has 764 valence electrons. The predicted octanol–water partition coefficient (Wildman–Crippen LogP) is 27.3. The van der Waals surface area contributed by atoms with E-state index in [2.05, 4.69) is 321 Å². The third-order valence-electron chi connectivity index (χ3n) is 13.0. The van der Waals surface area contributed by atoms with E-state index in [0.29, 0.717) is 53.3 Å². The van der Waals surface area contributed by atoms with E-state index in [-0.39, 0.29) is 196 Å². The molecule has 0 aromatic rings. The fourth-order valence-corrected chi connectivity index (χ4v) is 22.3. The molecule has 0 amide bonds. The SMILES string of the molecule is CC(C)P(C(C)C)C(C)C.CC(C)[PH+](C(C)C)C(C)C.CCN(C)C(=S)[S-].CCN(CC)C(=S)[S-].CCN(CC)C(=S)[S-].CCP(CC)CC.CCP(CC)CC.CC[PH+](CC)CC.CC[PH+](CC)CC.CN(C)C(=S)[S-].CN(C)C(=S)[S-].CP(C)C.CP(C)C.C[PH+](C)C.C[PH+](C)C.[2H]C[3H].[2H]C[3H].[2H]C[3H].[2H]C[3H].[2H]C[3H].[2H][Au].[2H][Au].[2H][Au].[2H][Au].[2H][Au].[Au+].[Au+].[Au+].[Au+].[Au+]. The summed E-state index contributed by atoms with van der Waals surface area (Å²) in [5.74, 6) is 0. The van der Waals surface area contributed by atoms with Crippen molar-refractivity contribution < 1.29 is 237 Å². The minimum Gasteiger partial charge on any atom is 1.00 e. The molecule has 35 heteroatoms. The monoisotopic (exact) mass is 3850 g/mol. The Balaban J connectivity index is -0.0000000286. The van der Waals surface area contributed by atoms with Crippen molar-refractivity contribution in [1.29, 1.82) is 3.40 Å². The molecule has 0 unspecified atom stereocenters. The largest absolute Gasteiger partial charge is 1.00 e. The van der Waals surface area contributed by atoms with Gasteiger partial charge in [-0.25, -0.2) is 0 Å². The van der Waals surface area contributed by atoms with Crippen LogP contribution in [-0.2, 0) is 286 Å². The van der Waals surface area contributed by atoms with Crippen molar-refractivity contribution in [3.05, 3.63) is 0 Å². The minimum absolute atomic E-state index is 0. The molecule has 0 aliphatic rings. The molecule has 0 spiro atoms.